The predicted octanol–water partition coefficient (Wildman–Crippen LogP) is 7.35. The van der Waals surface area contributed by atoms with Crippen LogP contribution in [0.2, 0.25) is 0 Å². The summed E-state index contributed by atoms with van der Waals surface area (Å²) in [6, 6.07) is 26.8. The molecule has 2 nitrogen and oxygen atoms in total. The Morgan fingerprint density at radius 3 is 2.25 bits per heavy atom. The van der Waals surface area contributed by atoms with Crippen molar-refractivity contribution in [1.29, 1.82) is 0 Å². The molecule has 0 saturated carbocycles. The van der Waals surface area contributed by atoms with Crippen LogP contribution in [0, 0.1) is 11.6 Å². The van der Waals surface area contributed by atoms with Crippen LogP contribution >= 0.6 is 0 Å². The predicted molar refractivity (Wildman–Crippen MR) is 127 cm³/mol. The monoisotopic (exact) mass is 420 g/mol. The van der Waals surface area contributed by atoms with Crippen LogP contribution < -0.4 is 4.90 Å². The number of halogens is 2. The van der Waals surface area contributed by atoms with E-state index in [1.807, 2.05) is 22.8 Å². The largest absolute Gasteiger partial charge is 0.341 e. The quantitative estimate of drug-likeness (QED) is 0.266. The summed E-state index contributed by atoms with van der Waals surface area (Å²) in [5.74, 6) is -1.14. The van der Waals surface area contributed by atoms with Gasteiger partial charge >= 0.3 is 0 Å². The molecule has 154 valence electrons. The average molecular weight is 420 g/mol. The van der Waals surface area contributed by atoms with Crippen LogP contribution in [0.3, 0.4) is 0 Å². The lowest BCUT2D eigenvalue weighted by atomic mass is 9.98. The third-order valence-electron chi connectivity index (χ3n) is 6.69. The maximum Gasteiger partial charge on any atom is 0.128 e. The lowest BCUT2D eigenvalue weighted by Gasteiger charge is -2.20. The fourth-order valence-electron chi connectivity index (χ4n) is 5.46. The molecule has 4 heteroatoms. The molecule has 7 rings (SSSR count). The first-order valence-corrected chi connectivity index (χ1v) is 10.8. The van der Waals surface area contributed by atoms with Crippen molar-refractivity contribution in [2.75, 3.05) is 11.4 Å². The lowest BCUT2D eigenvalue weighted by Crippen LogP contribution is -2.12. The van der Waals surface area contributed by atoms with E-state index in [1.54, 1.807) is 0 Å². The van der Waals surface area contributed by atoms with E-state index >= 15 is 0 Å². The highest BCUT2D eigenvalue weighted by Gasteiger charge is 2.28. The number of benzene rings is 5. The van der Waals surface area contributed by atoms with Crippen LogP contribution in [-0.2, 0) is 6.42 Å². The molecule has 0 bridgehead atoms. The second-order valence-corrected chi connectivity index (χ2v) is 8.46. The van der Waals surface area contributed by atoms with Crippen molar-refractivity contribution in [1.82, 2.24) is 4.57 Å². The summed E-state index contributed by atoms with van der Waals surface area (Å²) in [5, 5.41) is 4.58. The van der Waals surface area contributed by atoms with Gasteiger partial charge in [-0.2, -0.15) is 0 Å². The Kier molecular flexibility index (Phi) is 3.49. The van der Waals surface area contributed by atoms with Crippen LogP contribution in [0.4, 0.5) is 20.2 Å². The number of aromatic nitrogens is 1. The number of fused-ring (bicyclic) bond motifs is 2. The molecular weight excluding hydrogens is 402 g/mol. The molecular formula is C28H18F2N2. The van der Waals surface area contributed by atoms with Gasteiger partial charge in [0.25, 0.3) is 0 Å². The zero-order valence-corrected chi connectivity index (χ0v) is 17.1. The summed E-state index contributed by atoms with van der Waals surface area (Å²) in [5.41, 5.74) is 6.06. The number of nitrogens with zero attached hydrogens (tertiary/aromatic N) is 2. The number of rotatable bonds is 2. The molecule has 0 amide bonds. The summed E-state index contributed by atoms with van der Waals surface area (Å²) < 4.78 is 30.6. The van der Waals surface area contributed by atoms with Gasteiger partial charge in [0, 0.05) is 40.3 Å². The van der Waals surface area contributed by atoms with Crippen molar-refractivity contribution < 1.29 is 8.78 Å². The number of hydrogen-bond acceptors (Lipinski definition) is 1. The van der Waals surface area contributed by atoms with Crippen LogP contribution in [0.15, 0.2) is 84.9 Å². The summed E-state index contributed by atoms with van der Waals surface area (Å²) in [6.07, 6.45) is 0.869. The molecule has 0 unspecified atom stereocenters. The molecule has 0 atom stereocenters. The van der Waals surface area contributed by atoms with E-state index in [0.717, 1.165) is 63.0 Å². The van der Waals surface area contributed by atoms with Gasteiger partial charge < -0.3 is 9.47 Å². The summed E-state index contributed by atoms with van der Waals surface area (Å²) in [4.78, 5) is 2.34. The van der Waals surface area contributed by atoms with Gasteiger partial charge in [-0.15, -0.1) is 0 Å². The average Bonchev–Trinajstić information content (AvgIpc) is 3.37. The van der Waals surface area contributed by atoms with E-state index < -0.39 is 11.6 Å². The van der Waals surface area contributed by atoms with Gasteiger partial charge in [-0.05, 0) is 53.6 Å². The Hall–Kier alpha value is -3.92. The molecule has 0 N–H and O–H groups in total. The molecule has 0 fully saturated rings. The molecule has 0 spiro atoms. The minimum absolute atomic E-state index is 0.513. The fourth-order valence-corrected chi connectivity index (χ4v) is 5.46. The smallest absolute Gasteiger partial charge is 0.128 e. The van der Waals surface area contributed by atoms with Gasteiger partial charge in [-0.25, -0.2) is 8.78 Å². The highest BCUT2D eigenvalue weighted by Crippen LogP contribution is 2.47. The van der Waals surface area contributed by atoms with Crippen LogP contribution in [0.5, 0.6) is 0 Å². The molecule has 32 heavy (non-hydrogen) atoms. The molecule has 6 aromatic rings. The second kappa shape index (κ2) is 6.30. The van der Waals surface area contributed by atoms with Crippen molar-refractivity contribution in [3.8, 4) is 5.69 Å². The van der Waals surface area contributed by atoms with Crippen molar-refractivity contribution >= 4 is 44.0 Å². The number of anilines is 2. The summed E-state index contributed by atoms with van der Waals surface area (Å²) >= 11 is 0. The number of hydrogen-bond donors (Lipinski definition) is 0. The third-order valence-corrected chi connectivity index (χ3v) is 6.69. The van der Waals surface area contributed by atoms with Crippen molar-refractivity contribution in [2.45, 2.75) is 6.42 Å². The molecule has 2 heterocycles. The second-order valence-electron chi connectivity index (χ2n) is 8.46. The first-order chi connectivity index (χ1) is 15.7. The van der Waals surface area contributed by atoms with Gasteiger partial charge in [0.05, 0.1) is 16.7 Å². The Bertz CT molecular complexity index is 1630. The van der Waals surface area contributed by atoms with E-state index in [2.05, 4.69) is 53.4 Å². The van der Waals surface area contributed by atoms with E-state index in [1.165, 1.54) is 17.7 Å². The highest BCUT2D eigenvalue weighted by atomic mass is 19.1. The fraction of sp³-hybridized carbons (Fsp3) is 0.0714. The SMILES string of the molecule is Fc1cc(F)cc(-n2c3cccc4ccc5cc6c(c2c5c43)CCN6c2ccccc2)c1. The molecule has 1 aliphatic heterocycles. The van der Waals surface area contributed by atoms with E-state index in [9.17, 15) is 8.78 Å². The first-order valence-electron chi connectivity index (χ1n) is 10.8. The highest BCUT2D eigenvalue weighted by molar-refractivity contribution is 6.26. The Morgan fingerprint density at radius 2 is 1.44 bits per heavy atom. The van der Waals surface area contributed by atoms with Gasteiger partial charge in [0.2, 0.25) is 0 Å². The maximum absolute atomic E-state index is 14.3. The normalized spacial score (nSPS) is 13.6. The summed E-state index contributed by atoms with van der Waals surface area (Å²) in [7, 11) is 0. The molecule has 1 aliphatic rings. The van der Waals surface area contributed by atoms with E-state index in [4.69, 9.17) is 0 Å². The van der Waals surface area contributed by atoms with E-state index in [-0.39, 0.29) is 0 Å². The van der Waals surface area contributed by atoms with Crippen LogP contribution in [-0.4, -0.2) is 11.1 Å². The minimum Gasteiger partial charge on any atom is -0.341 e. The zero-order chi connectivity index (χ0) is 21.4. The molecule has 5 aromatic carbocycles. The number of para-hydroxylation sites is 1. The molecule has 0 saturated heterocycles. The Balaban J connectivity index is 1.65. The Labute approximate surface area is 183 Å². The summed E-state index contributed by atoms with van der Waals surface area (Å²) in [6.45, 7) is 0.869. The lowest BCUT2D eigenvalue weighted by molar-refractivity contribution is 0.582. The van der Waals surface area contributed by atoms with Gasteiger partial charge in [-0.3, -0.25) is 0 Å². The third kappa shape index (κ3) is 2.32. The Morgan fingerprint density at radius 1 is 0.656 bits per heavy atom. The van der Waals surface area contributed by atoms with Gasteiger partial charge in [-0.1, -0.05) is 42.5 Å². The topological polar surface area (TPSA) is 8.17 Å². The van der Waals surface area contributed by atoms with Crippen molar-refractivity contribution in [2.24, 2.45) is 0 Å². The standard InChI is InChI=1S/C28H18F2N2/c29-19-14-20(30)16-22(15-19)32-24-8-4-5-17-9-10-18-13-25-23(28(32)27(18)26(17)24)11-12-31(25)21-6-2-1-3-7-21/h1-10,13-16H,11-12H2. The van der Waals surface area contributed by atoms with Gasteiger partial charge in [0.15, 0.2) is 0 Å². The van der Waals surface area contributed by atoms with Gasteiger partial charge in [0.1, 0.15) is 11.6 Å². The maximum atomic E-state index is 14.3. The van der Waals surface area contributed by atoms with Crippen molar-refractivity contribution in [3.05, 3.63) is 102 Å². The molecule has 0 aliphatic carbocycles. The van der Waals surface area contributed by atoms with Crippen LogP contribution in [0.1, 0.15) is 5.56 Å². The van der Waals surface area contributed by atoms with E-state index in [0.29, 0.717) is 5.69 Å². The zero-order valence-electron chi connectivity index (χ0n) is 17.1. The minimum atomic E-state index is -0.571. The van der Waals surface area contributed by atoms with Crippen LogP contribution in [0.25, 0.3) is 38.3 Å². The molecule has 0 radical (unpaired) electrons. The molecule has 1 aromatic heterocycles. The first kappa shape index (κ1) is 17.7. The van der Waals surface area contributed by atoms with Crippen molar-refractivity contribution in [3.63, 3.8) is 0 Å².